The fraction of sp³-hybridized carbons (Fsp3) is 0.107. The van der Waals surface area contributed by atoms with Crippen molar-refractivity contribution >= 4 is 28.9 Å². The number of aryl methyl sites for hydroxylation is 1. The van der Waals surface area contributed by atoms with E-state index in [4.69, 9.17) is 9.47 Å². The second-order valence-corrected chi connectivity index (χ2v) is 7.75. The Morgan fingerprint density at radius 2 is 1.59 bits per heavy atom. The van der Waals surface area contributed by atoms with E-state index in [1.54, 1.807) is 43.3 Å². The molecular weight excluding hydrogens is 428 g/mol. The van der Waals surface area contributed by atoms with Gasteiger partial charge in [-0.2, -0.15) is 5.10 Å². The topological polar surface area (TPSA) is 77.0 Å². The molecule has 4 rings (SSSR count). The molecule has 1 atom stereocenters. The zero-order valence-corrected chi connectivity index (χ0v) is 18.9. The van der Waals surface area contributed by atoms with E-state index in [0.717, 1.165) is 21.9 Å². The normalized spacial score (nSPS) is 11.8. The molecule has 4 aromatic carbocycles. The summed E-state index contributed by atoms with van der Waals surface area (Å²) in [6.07, 6.45) is 0.779. The van der Waals surface area contributed by atoms with Gasteiger partial charge in [0, 0.05) is 5.39 Å². The summed E-state index contributed by atoms with van der Waals surface area (Å²) in [6, 6.07) is 27.6. The van der Waals surface area contributed by atoms with Gasteiger partial charge in [0.25, 0.3) is 5.91 Å². The van der Waals surface area contributed by atoms with Crippen LogP contribution < -0.4 is 14.9 Å². The van der Waals surface area contributed by atoms with Gasteiger partial charge in [-0.15, -0.1) is 0 Å². The SMILES string of the molecule is Cc1ccccc1C(=O)Oc1ccc(/C=N/NC(=O)C(C)Oc2cccc3ccccc23)cc1. The molecule has 4 aromatic rings. The smallest absolute Gasteiger partial charge is 0.343 e. The minimum atomic E-state index is -0.730. The molecule has 170 valence electrons. The lowest BCUT2D eigenvalue weighted by Crippen LogP contribution is -2.33. The first kappa shape index (κ1) is 22.7. The fourth-order valence-electron chi connectivity index (χ4n) is 3.39. The lowest BCUT2D eigenvalue weighted by molar-refractivity contribution is -0.127. The molecule has 0 spiro atoms. The summed E-state index contributed by atoms with van der Waals surface area (Å²) in [6.45, 7) is 3.53. The van der Waals surface area contributed by atoms with Crippen molar-refractivity contribution < 1.29 is 19.1 Å². The number of carbonyl (C=O) groups excluding carboxylic acids is 2. The molecule has 1 unspecified atom stereocenters. The van der Waals surface area contributed by atoms with E-state index in [1.165, 1.54) is 6.21 Å². The van der Waals surface area contributed by atoms with E-state index in [1.807, 2.05) is 61.5 Å². The summed E-state index contributed by atoms with van der Waals surface area (Å²) in [5, 5.41) is 5.99. The maximum absolute atomic E-state index is 12.4. The van der Waals surface area contributed by atoms with Crippen LogP contribution in [0.4, 0.5) is 0 Å². The van der Waals surface area contributed by atoms with Crippen LogP contribution in [0.1, 0.15) is 28.4 Å². The third-order valence-corrected chi connectivity index (χ3v) is 5.27. The predicted molar refractivity (Wildman–Crippen MR) is 132 cm³/mol. The summed E-state index contributed by atoms with van der Waals surface area (Å²) in [5.74, 6) is 0.284. The number of hydrazone groups is 1. The van der Waals surface area contributed by atoms with Crippen LogP contribution in [0.2, 0.25) is 0 Å². The number of rotatable bonds is 7. The molecule has 0 saturated carbocycles. The van der Waals surface area contributed by atoms with Crippen LogP contribution in [0.15, 0.2) is 96.1 Å². The van der Waals surface area contributed by atoms with Crippen LogP contribution >= 0.6 is 0 Å². The quantitative estimate of drug-likeness (QED) is 0.179. The second kappa shape index (κ2) is 10.4. The number of hydrogen-bond acceptors (Lipinski definition) is 5. The van der Waals surface area contributed by atoms with Crippen molar-refractivity contribution in [3.8, 4) is 11.5 Å². The molecule has 6 heteroatoms. The van der Waals surface area contributed by atoms with E-state index in [0.29, 0.717) is 17.1 Å². The van der Waals surface area contributed by atoms with Gasteiger partial charge >= 0.3 is 5.97 Å². The number of hydrogen-bond donors (Lipinski definition) is 1. The van der Waals surface area contributed by atoms with Crippen LogP contribution in [0.5, 0.6) is 11.5 Å². The van der Waals surface area contributed by atoms with Crippen LogP contribution in [0.25, 0.3) is 10.8 Å². The second-order valence-electron chi connectivity index (χ2n) is 7.75. The van der Waals surface area contributed by atoms with Crippen molar-refractivity contribution in [3.63, 3.8) is 0 Å². The summed E-state index contributed by atoms with van der Waals surface area (Å²) < 4.78 is 11.3. The maximum Gasteiger partial charge on any atom is 0.343 e. The number of esters is 1. The minimum Gasteiger partial charge on any atom is -0.480 e. The Kier molecular flexibility index (Phi) is 6.98. The van der Waals surface area contributed by atoms with Gasteiger partial charge < -0.3 is 9.47 Å². The van der Waals surface area contributed by atoms with Crippen molar-refractivity contribution in [2.24, 2.45) is 5.10 Å². The van der Waals surface area contributed by atoms with Gasteiger partial charge in [-0.3, -0.25) is 4.79 Å². The van der Waals surface area contributed by atoms with Gasteiger partial charge in [0.1, 0.15) is 11.5 Å². The molecule has 0 radical (unpaired) electrons. The number of amides is 1. The maximum atomic E-state index is 12.4. The monoisotopic (exact) mass is 452 g/mol. The Labute approximate surface area is 197 Å². The molecular formula is C28H24N2O4. The highest BCUT2D eigenvalue weighted by molar-refractivity contribution is 5.93. The first-order valence-electron chi connectivity index (χ1n) is 10.9. The van der Waals surface area contributed by atoms with Crippen molar-refractivity contribution in [2.75, 3.05) is 0 Å². The summed E-state index contributed by atoms with van der Waals surface area (Å²) in [4.78, 5) is 24.7. The van der Waals surface area contributed by atoms with Crippen molar-refractivity contribution in [1.29, 1.82) is 0 Å². The number of fused-ring (bicyclic) bond motifs is 1. The molecule has 0 fully saturated rings. The molecule has 0 aliphatic heterocycles. The van der Waals surface area contributed by atoms with Gasteiger partial charge in [0.15, 0.2) is 6.10 Å². The van der Waals surface area contributed by atoms with E-state index in [9.17, 15) is 9.59 Å². The Balaban J connectivity index is 1.31. The van der Waals surface area contributed by atoms with Crippen LogP contribution in [0.3, 0.4) is 0 Å². The van der Waals surface area contributed by atoms with Gasteiger partial charge in [-0.25, -0.2) is 10.2 Å². The number of nitrogens with one attached hydrogen (secondary N) is 1. The first-order valence-corrected chi connectivity index (χ1v) is 10.9. The Bertz CT molecular complexity index is 1340. The van der Waals surface area contributed by atoms with Crippen molar-refractivity contribution in [1.82, 2.24) is 5.43 Å². The van der Waals surface area contributed by atoms with Crippen molar-refractivity contribution in [2.45, 2.75) is 20.0 Å². The van der Waals surface area contributed by atoms with Gasteiger partial charge in [0.2, 0.25) is 0 Å². The Morgan fingerprint density at radius 3 is 2.38 bits per heavy atom. The molecule has 0 aliphatic carbocycles. The highest BCUT2D eigenvalue weighted by Gasteiger charge is 2.15. The van der Waals surface area contributed by atoms with Crippen LogP contribution in [-0.2, 0) is 4.79 Å². The molecule has 1 amide bonds. The Morgan fingerprint density at radius 1 is 0.882 bits per heavy atom. The van der Waals surface area contributed by atoms with Crippen LogP contribution in [0, 0.1) is 6.92 Å². The summed E-state index contributed by atoms with van der Waals surface area (Å²) in [7, 11) is 0. The third-order valence-electron chi connectivity index (χ3n) is 5.27. The molecule has 0 aliphatic rings. The zero-order valence-electron chi connectivity index (χ0n) is 18.9. The zero-order chi connectivity index (χ0) is 23.9. The number of carbonyl (C=O) groups is 2. The average Bonchev–Trinajstić information content (AvgIpc) is 2.85. The highest BCUT2D eigenvalue weighted by Crippen LogP contribution is 2.26. The summed E-state index contributed by atoms with van der Waals surface area (Å²) >= 11 is 0. The van der Waals surface area contributed by atoms with Crippen LogP contribution in [-0.4, -0.2) is 24.2 Å². The molecule has 0 aromatic heterocycles. The lowest BCUT2D eigenvalue weighted by atomic mass is 10.1. The number of ether oxygens (including phenoxy) is 2. The predicted octanol–water partition coefficient (Wildman–Crippen LogP) is 5.29. The minimum absolute atomic E-state index is 0.368. The standard InChI is InChI=1S/C28H24N2O4/c1-19-8-3-5-11-24(19)28(32)34-23-16-14-21(15-17-23)18-29-30-27(31)20(2)33-26-13-7-10-22-9-4-6-12-25(22)26/h3-18,20H,1-2H3,(H,30,31)/b29-18+. The molecule has 6 nitrogen and oxygen atoms in total. The molecule has 0 saturated heterocycles. The average molecular weight is 453 g/mol. The lowest BCUT2D eigenvalue weighted by Gasteiger charge is -2.14. The molecule has 0 heterocycles. The van der Waals surface area contributed by atoms with Crippen molar-refractivity contribution in [3.05, 3.63) is 108 Å². The highest BCUT2D eigenvalue weighted by atomic mass is 16.5. The van der Waals surface area contributed by atoms with Gasteiger partial charge in [-0.05, 0) is 66.8 Å². The van der Waals surface area contributed by atoms with E-state index in [2.05, 4.69) is 10.5 Å². The first-order chi connectivity index (χ1) is 16.5. The number of benzene rings is 4. The Hall–Kier alpha value is -4.45. The molecule has 1 N–H and O–H groups in total. The fourth-order valence-corrected chi connectivity index (χ4v) is 3.39. The summed E-state index contributed by atoms with van der Waals surface area (Å²) in [5.41, 5.74) is 4.60. The third kappa shape index (κ3) is 5.48. The molecule has 0 bridgehead atoms. The van der Waals surface area contributed by atoms with E-state index in [-0.39, 0.29) is 5.91 Å². The number of nitrogens with zero attached hydrogens (tertiary/aromatic N) is 1. The van der Waals surface area contributed by atoms with E-state index < -0.39 is 12.1 Å². The van der Waals surface area contributed by atoms with E-state index >= 15 is 0 Å². The van der Waals surface area contributed by atoms with Gasteiger partial charge in [-0.1, -0.05) is 54.6 Å². The molecule has 34 heavy (non-hydrogen) atoms. The van der Waals surface area contributed by atoms with Gasteiger partial charge in [0.05, 0.1) is 11.8 Å². The largest absolute Gasteiger partial charge is 0.480 e.